The minimum Gasteiger partial charge on any atom is -0.462 e. The molecule has 0 aliphatic heterocycles. The highest BCUT2D eigenvalue weighted by molar-refractivity contribution is 7.47. The molecule has 0 saturated heterocycles. The fourth-order valence-corrected chi connectivity index (χ4v) is 10.6. The molecule has 0 saturated carbocycles. The smallest absolute Gasteiger partial charge is 0.462 e. The summed E-state index contributed by atoms with van der Waals surface area (Å²) in [6.07, 6.45) is 44.2. The number of carbonyl (C=O) groups excluding carboxylic acids is 4. The van der Waals surface area contributed by atoms with Gasteiger partial charge in [0, 0.05) is 25.7 Å². The maximum Gasteiger partial charge on any atom is 0.472 e. The monoisotopic (exact) mass is 1220 g/mol. The molecule has 3 N–H and O–H groups in total. The van der Waals surface area contributed by atoms with Gasteiger partial charge >= 0.3 is 39.5 Å². The van der Waals surface area contributed by atoms with Gasteiger partial charge in [0.05, 0.1) is 26.4 Å². The van der Waals surface area contributed by atoms with Crippen LogP contribution in [0.15, 0.2) is 24.3 Å². The number of hydrogen-bond acceptors (Lipinski definition) is 15. The summed E-state index contributed by atoms with van der Waals surface area (Å²) < 4.78 is 67.7. The zero-order valence-corrected chi connectivity index (χ0v) is 54.6. The number of rotatable bonds is 62. The number of allylic oxidation sites excluding steroid dienone is 4. The first-order valence-electron chi connectivity index (χ1n) is 33.0. The molecule has 17 nitrogen and oxygen atoms in total. The Morgan fingerprint density at radius 2 is 0.651 bits per heavy atom. The van der Waals surface area contributed by atoms with E-state index in [1.165, 1.54) is 103 Å². The lowest BCUT2D eigenvalue weighted by Gasteiger charge is -2.21. The van der Waals surface area contributed by atoms with Crippen LogP contribution < -0.4 is 0 Å². The van der Waals surface area contributed by atoms with Gasteiger partial charge in [-0.3, -0.25) is 37.3 Å². The summed E-state index contributed by atoms with van der Waals surface area (Å²) in [7, 11) is -9.89. The maximum absolute atomic E-state index is 13.0. The van der Waals surface area contributed by atoms with E-state index in [-0.39, 0.29) is 25.7 Å². The van der Waals surface area contributed by atoms with Crippen molar-refractivity contribution in [1.82, 2.24) is 0 Å². The van der Waals surface area contributed by atoms with Gasteiger partial charge in [-0.1, -0.05) is 245 Å². The van der Waals surface area contributed by atoms with Gasteiger partial charge in [-0.05, 0) is 57.3 Å². The van der Waals surface area contributed by atoms with E-state index < -0.39 is 97.5 Å². The Morgan fingerprint density at radius 3 is 0.988 bits per heavy atom. The van der Waals surface area contributed by atoms with Crippen LogP contribution in [0.2, 0.25) is 0 Å². The van der Waals surface area contributed by atoms with Gasteiger partial charge in [0.1, 0.15) is 19.3 Å². The molecule has 488 valence electrons. The minimum absolute atomic E-state index is 0.0847. The SMILES string of the molecule is CCCCCC/C=C\C=C/CCCCCCCC(=O)O[C@H](COC(=O)CCCCCCCCCCCCC(C)C)COP(=O)(O)OC[C@@H](O)COP(=O)(O)OC[C@@H](COC(=O)CCCCCCC)OC(=O)CCCCCCCCCCCC. The Bertz CT molecular complexity index is 1710. The van der Waals surface area contributed by atoms with E-state index in [9.17, 15) is 43.2 Å². The largest absolute Gasteiger partial charge is 0.472 e. The number of hydrogen-bond donors (Lipinski definition) is 3. The third-order valence-electron chi connectivity index (χ3n) is 14.2. The van der Waals surface area contributed by atoms with Crippen molar-refractivity contribution in [3.8, 4) is 0 Å². The molecule has 0 amide bonds. The first kappa shape index (κ1) is 80.5. The summed E-state index contributed by atoms with van der Waals surface area (Å²) in [5.74, 6) is -1.42. The van der Waals surface area contributed by atoms with Crippen molar-refractivity contribution in [2.45, 2.75) is 316 Å². The van der Waals surface area contributed by atoms with Gasteiger partial charge in [-0.25, -0.2) is 9.13 Å². The van der Waals surface area contributed by atoms with Crippen molar-refractivity contribution in [3.05, 3.63) is 24.3 Å². The molecule has 0 aromatic carbocycles. The Hall–Kier alpha value is -2.46. The third kappa shape index (κ3) is 58.3. The number of carbonyl (C=O) groups is 4. The number of esters is 4. The Morgan fingerprint density at radius 1 is 0.373 bits per heavy atom. The highest BCUT2D eigenvalue weighted by Crippen LogP contribution is 2.45. The van der Waals surface area contributed by atoms with E-state index >= 15 is 0 Å². The van der Waals surface area contributed by atoms with Crippen LogP contribution >= 0.6 is 15.6 Å². The van der Waals surface area contributed by atoms with E-state index in [1.807, 2.05) is 0 Å². The number of phosphoric ester groups is 2. The molecule has 0 aliphatic rings. The fraction of sp³-hybridized carbons (Fsp3) is 0.875. The lowest BCUT2D eigenvalue weighted by atomic mass is 10.0. The van der Waals surface area contributed by atoms with E-state index in [1.54, 1.807) is 0 Å². The van der Waals surface area contributed by atoms with Crippen LogP contribution in [0, 0.1) is 5.92 Å². The highest BCUT2D eigenvalue weighted by atomic mass is 31.2. The topological polar surface area (TPSA) is 237 Å². The number of aliphatic hydroxyl groups is 1. The van der Waals surface area contributed by atoms with E-state index in [4.69, 9.17) is 37.0 Å². The predicted octanol–water partition coefficient (Wildman–Crippen LogP) is 17.3. The molecule has 0 rings (SSSR count). The molecule has 0 bridgehead atoms. The molecular weight excluding hydrogens is 1100 g/mol. The second kappa shape index (κ2) is 57.3. The van der Waals surface area contributed by atoms with Crippen LogP contribution in [0.25, 0.3) is 0 Å². The second-order valence-electron chi connectivity index (χ2n) is 22.9. The fourth-order valence-electron chi connectivity index (χ4n) is 9.04. The third-order valence-corrected chi connectivity index (χ3v) is 16.1. The molecule has 19 heteroatoms. The number of aliphatic hydroxyl groups excluding tert-OH is 1. The lowest BCUT2D eigenvalue weighted by Crippen LogP contribution is -2.30. The average Bonchev–Trinajstić information content (AvgIpc) is 3.46. The average molecular weight is 1220 g/mol. The molecule has 2 unspecified atom stereocenters. The van der Waals surface area contributed by atoms with E-state index in [2.05, 4.69) is 58.9 Å². The van der Waals surface area contributed by atoms with Crippen molar-refractivity contribution >= 4 is 39.5 Å². The van der Waals surface area contributed by atoms with Gasteiger partial charge in [-0.2, -0.15) is 0 Å². The standard InChI is InChI=1S/C64H120O17P2/c1-6-9-12-15-17-19-21-22-23-24-25-31-35-40-45-50-64(69)81-60(54-75-62(67)48-43-38-33-30-27-26-28-32-37-41-46-57(4)5)56-79-83(72,73)77-52-58(65)51-76-82(70,71)78-55-59(53-74-61(66)47-42-36-14-11-8-3)80-63(68)49-44-39-34-29-20-18-16-13-10-7-2/h19,21-23,57-60,65H,6-18,20,24-56H2,1-5H3,(H,70,71)(H,72,73)/b21-19-,23-22-/t58-,59+,60+/m0/s1. The summed E-state index contributed by atoms with van der Waals surface area (Å²) in [5.41, 5.74) is 0. The van der Waals surface area contributed by atoms with Gasteiger partial charge in [-0.15, -0.1) is 0 Å². The summed E-state index contributed by atoms with van der Waals surface area (Å²) in [6, 6.07) is 0. The van der Waals surface area contributed by atoms with Gasteiger partial charge in [0.15, 0.2) is 12.2 Å². The summed E-state index contributed by atoms with van der Waals surface area (Å²) in [6.45, 7) is 7.02. The van der Waals surface area contributed by atoms with Crippen LogP contribution in [-0.4, -0.2) is 96.7 Å². The van der Waals surface area contributed by atoms with Crippen molar-refractivity contribution < 1.29 is 80.2 Å². The quantitative estimate of drug-likeness (QED) is 0.0169. The number of ether oxygens (including phenoxy) is 4. The number of unbranched alkanes of at least 4 members (excludes halogenated alkanes) is 31. The molecule has 0 aromatic heterocycles. The van der Waals surface area contributed by atoms with Gasteiger partial charge < -0.3 is 33.8 Å². The first-order valence-corrected chi connectivity index (χ1v) is 35.9. The zero-order valence-electron chi connectivity index (χ0n) is 52.8. The first-order chi connectivity index (χ1) is 40.0. The van der Waals surface area contributed by atoms with E-state index in [0.29, 0.717) is 25.7 Å². The lowest BCUT2D eigenvalue weighted by molar-refractivity contribution is -0.161. The molecule has 0 radical (unpaired) electrons. The molecule has 0 aromatic rings. The molecule has 0 spiro atoms. The molecular formula is C64H120O17P2. The Labute approximate surface area is 503 Å². The summed E-state index contributed by atoms with van der Waals surface area (Å²) in [4.78, 5) is 71.9. The van der Waals surface area contributed by atoms with Gasteiger partial charge in [0.2, 0.25) is 0 Å². The van der Waals surface area contributed by atoms with Crippen LogP contribution in [0.3, 0.4) is 0 Å². The van der Waals surface area contributed by atoms with E-state index in [0.717, 1.165) is 115 Å². The van der Waals surface area contributed by atoms with Crippen molar-refractivity contribution in [2.24, 2.45) is 5.92 Å². The molecule has 83 heavy (non-hydrogen) atoms. The van der Waals surface area contributed by atoms with Crippen LogP contribution in [0.5, 0.6) is 0 Å². The summed E-state index contributed by atoms with van der Waals surface area (Å²) in [5, 5.41) is 10.5. The van der Waals surface area contributed by atoms with Crippen molar-refractivity contribution in [1.29, 1.82) is 0 Å². The minimum atomic E-state index is -4.95. The highest BCUT2D eigenvalue weighted by Gasteiger charge is 2.30. The van der Waals surface area contributed by atoms with Crippen LogP contribution in [0.4, 0.5) is 0 Å². The molecule has 0 fully saturated rings. The van der Waals surface area contributed by atoms with Crippen molar-refractivity contribution in [2.75, 3.05) is 39.6 Å². The molecule has 5 atom stereocenters. The molecule has 0 aliphatic carbocycles. The van der Waals surface area contributed by atoms with Crippen LogP contribution in [0.1, 0.15) is 298 Å². The van der Waals surface area contributed by atoms with Gasteiger partial charge in [0.25, 0.3) is 0 Å². The second-order valence-corrected chi connectivity index (χ2v) is 25.8. The zero-order chi connectivity index (χ0) is 61.3. The normalized spacial score (nSPS) is 14.4. The number of phosphoric acid groups is 2. The predicted molar refractivity (Wildman–Crippen MR) is 331 cm³/mol. The Balaban J connectivity index is 5.22. The van der Waals surface area contributed by atoms with Crippen LogP contribution in [-0.2, 0) is 65.4 Å². The maximum atomic E-state index is 13.0. The van der Waals surface area contributed by atoms with Crippen molar-refractivity contribution in [3.63, 3.8) is 0 Å². The Kier molecular flexibility index (Phi) is 55.6. The molecule has 0 heterocycles. The summed E-state index contributed by atoms with van der Waals surface area (Å²) >= 11 is 0.